The van der Waals surface area contributed by atoms with E-state index in [1.165, 1.54) is 29.5 Å². The molecule has 0 aliphatic heterocycles. The summed E-state index contributed by atoms with van der Waals surface area (Å²) < 4.78 is 0. The van der Waals surface area contributed by atoms with Gasteiger partial charge in [0.1, 0.15) is 0 Å². The first-order valence-corrected chi connectivity index (χ1v) is 7.46. The molecule has 2 nitrogen and oxygen atoms in total. The number of nitrogens with one attached hydrogen (secondary N) is 2. The van der Waals surface area contributed by atoms with Gasteiger partial charge in [0.25, 0.3) is 0 Å². The Hall–Kier alpha value is -0.860. The lowest BCUT2D eigenvalue weighted by Gasteiger charge is -2.29. The van der Waals surface area contributed by atoms with E-state index in [1.807, 2.05) is 0 Å². The van der Waals surface area contributed by atoms with Crippen LogP contribution in [0.1, 0.15) is 55.3 Å². The van der Waals surface area contributed by atoms with Gasteiger partial charge >= 0.3 is 0 Å². The number of hydrogen-bond acceptors (Lipinski definition) is 2. The van der Waals surface area contributed by atoms with Gasteiger partial charge < -0.3 is 10.6 Å². The van der Waals surface area contributed by atoms with E-state index in [0.29, 0.717) is 17.4 Å². The second kappa shape index (κ2) is 5.64. The van der Waals surface area contributed by atoms with Crippen molar-refractivity contribution in [1.82, 2.24) is 10.6 Å². The summed E-state index contributed by atoms with van der Waals surface area (Å²) in [6.07, 6.45) is 2.65. The molecule has 0 amide bonds. The van der Waals surface area contributed by atoms with Crippen LogP contribution < -0.4 is 10.6 Å². The lowest BCUT2D eigenvalue weighted by molar-refractivity contribution is 0.345. The first-order chi connectivity index (χ1) is 9.04. The fourth-order valence-electron chi connectivity index (χ4n) is 3.20. The zero-order valence-electron chi connectivity index (χ0n) is 13.0. The fraction of sp³-hybridized carbons (Fsp3) is 0.647. The number of benzene rings is 1. The molecule has 1 aliphatic carbocycles. The van der Waals surface area contributed by atoms with Crippen LogP contribution in [0.2, 0.25) is 0 Å². The molecule has 1 aliphatic rings. The molecule has 1 aromatic carbocycles. The molecule has 1 saturated carbocycles. The normalized spacial score (nSPS) is 18.6. The van der Waals surface area contributed by atoms with Gasteiger partial charge in [-0.25, -0.2) is 0 Å². The zero-order chi connectivity index (χ0) is 14.0. The quantitative estimate of drug-likeness (QED) is 0.819. The SMILES string of the molecule is CNCC1(C(NC)c2cc(C(C)C)ccc2C)CC1. The Morgan fingerprint density at radius 2 is 1.89 bits per heavy atom. The topological polar surface area (TPSA) is 24.1 Å². The minimum absolute atomic E-state index is 0.420. The maximum absolute atomic E-state index is 3.57. The molecule has 2 rings (SSSR count). The Morgan fingerprint density at radius 3 is 2.37 bits per heavy atom. The lowest BCUT2D eigenvalue weighted by atomic mass is 9.85. The highest BCUT2D eigenvalue weighted by Gasteiger charge is 2.49. The van der Waals surface area contributed by atoms with Crippen molar-refractivity contribution >= 4 is 0 Å². The van der Waals surface area contributed by atoms with Crippen LogP contribution in [0, 0.1) is 12.3 Å². The van der Waals surface area contributed by atoms with E-state index in [9.17, 15) is 0 Å². The predicted octanol–water partition coefficient (Wildman–Crippen LogP) is 3.38. The molecule has 0 aromatic heterocycles. The summed E-state index contributed by atoms with van der Waals surface area (Å²) in [5.41, 5.74) is 4.76. The first kappa shape index (κ1) is 14.5. The summed E-state index contributed by atoms with van der Waals surface area (Å²) >= 11 is 0. The fourth-order valence-corrected chi connectivity index (χ4v) is 3.20. The number of aryl methyl sites for hydroxylation is 1. The van der Waals surface area contributed by atoms with Gasteiger partial charge in [0.15, 0.2) is 0 Å². The van der Waals surface area contributed by atoms with Crippen LogP contribution in [0.25, 0.3) is 0 Å². The molecular weight excluding hydrogens is 232 g/mol. The molecule has 2 N–H and O–H groups in total. The Kier molecular flexibility index (Phi) is 4.32. The van der Waals surface area contributed by atoms with Gasteiger partial charge in [-0.3, -0.25) is 0 Å². The molecule has 0 radical (unpaired) electrons. The molecule has 19 heavy (non-hydrogen) atoms. The highest BCUT2D eigenvalue weighted by atomic mass is 15.0. The molecule has 0 heterocycles. The molecular formula is C17H28N2. The lowest BCUT2D eigenvalue weighted by Crippen LogP contribution is -2.34. The van der Waals surface area contributed by atoms with Crippen molar-refractivity contribution in [3.05, 3.63) is 34.9 Å². The third-order valence-electron chi connectivity index (χ3n) is 4.60. The van der Waals surface area contributed by atoms with Crippen LogP contribution >= 0.6 is 0 Å². The van der Waals surface area contributed by atoms with Gasteiger partial charge in [-0.05, 0) is 56.5 Å². The highest BCUT2D eigenvalue weighted by molar-refractivity contribution is 5.37. The van der Waals surface area contributed by atoms with Crippen molar-refractivity contribution in [2.24, 2.45) is 5.41 Å². The highest BCUT2D eigenvalue weighted by Crippen LogP contribution is 2.54. The van der Waals surface area contributed by atoms with Crippen LogP contribution in [0.4, 0.5) is 0 Å². The summed E-state index contributed by atoms with van der Waals surface area (Å²) in [6.45, 7) is 7.87. The average molecular weight is 260 g/mol. The third-order valence-corrected chi connectivity index (χ3v) is 4.60. The van der Waals surface area contributed by atoms with Gasteiger partial charge in [-0.2, -0.15) is 0 Å². The van der Waals surface area contributed by atoms with E-state index < -0.39 is 0 Å². The Morgan fingerprint density at radius 1 is 1.21 bits per heavy atom. The number of hydrogen-bond donors (Lipinski definition) is 2. The van der Waals surface area contributed by atoms with Gasteiger partial charge in [0.05, 0.1) is 0 Å². The molecule has 1 unspecified atom stereocenters. The summed E-state index contributed by atoms with van der Waals surface area (Å²) in [4.78, 5) is 0. The van der Waals surface area contributed by atoms with Crippen molar-refractivity contribution in [2.45, 2.75) is 45.6 Å². The largest absolute Gasteiger partial charge is 0.319 e. The Balaban J connectivity index is 2.35. The van der Waals surface area contributed by atoms with Gasteiger partial charge in [0.2, 0.25) is 0 Å². The molecule has 2 heteroatoms. The Bertz CT molecular complexity index is 433. The Labute approximate surface area is 118 Å². The monoisotopic (exact) mass is 260 g/mol. The van der Waals surface area contributed by atoms with Gasteiger partial charge in [0, 0.05) is 18.0 Å². The first-order valence-electron chi connectivity index (χ1n) is 7.46. The summed E-state index contributed by atoms with van der Waals surface area (Å²) in [6, 6.07) is 7.44. The van der Waals surface area contributed by atoms with E-state index in [2.05, 4.69) is 63.7 Å². The van der Waals surface area contributed by atoms with Crippen LogP contribution in [0.15, 0.2) is 18.2 Å². The van der Waals surface area contributed by atoms with E-state index in [0.717, 1.165) is 6.54 Å². The smallest absolute Gasteiger partial charge is 0.0389 e. The molecule has 0 saturated heterocycles. The second-order valence-electron chi connectivity index (χ2n) is 6.39. The molecule has 0 spiro atoms. The van der Waals surface area contributed by atoms with Crippen molar-refractivity contribution in [1.29, 1.82) is 0 Å². The molecule has 106 valence electrons. The maximum Gasteiger partial charge on any atom is 0.0389 e. The predicted molar refractivity (Wildman–Crippen MR) is 82.7 cm³/mol. The minimum Gasteiger partial charge on any atom is -0.319 e. The van der Waals surface area contributed by atoms with Crippen LogP contribution in [0.5, 0.6) is 0 Å². The van der Waals surface area contributed by atoms with Crippen molar-refractivity contribution < 1.29 is 0 Å². The summed E-state index contributed by atoms with van der Waals surface area (Å²) in [5.74, 6) is 0.594. The zero-order valence-corrected chi connectivity index (χ0v) is 13.0. The van der Waals surface area contributed by atoms with E-state index in [-0.39, 0.29) is 0 Å². The van der Waals surface area contributed by atoms with Crippen molar-refractivity contribution in [3.63, 3.8) is 0 Å². The van der Waals surface area contributed by atoms with Crippen molar-refractivity contribution in [3.8, 4) is 0 Å². The van der Waals surface area contributed by atoms with Gasteiger partial charge in [-0.1, -0.05) is 32.0 Å². The van der Waals surface area contributed by atoms with Crippen molar-refractivity contribution in [2.75, 3.05) is 20.6 Å². The maximum atomic E-state index is 3.57. The van der Waals surface area contributed by atoms with E-state index >= 15 is 0 Å². The molecule has 0 bridgehead atoms. The van der Waals surface area contributed by atoms with Gasteiger partial charge in [-0.15, -0.1) is 0 Å². The summed E-state index contributed by atoms with van der Waals surface area (Å²) in [5, 5.41) is 6.94. The van der Waals surface area contributed by atoms with Crippen LogP contribution in [-0.4, -0.2) is 20.6 Å². The molecule has 1 aromatic rings. The van der Waals surface area contributed by atoms with E-state index in [1.54, 1.807) is 0 Å². The molecule has 1 atom stereocenters. The summed E-state index contributed by atoms with van der Waals surface area (Å²) in [7, 11) is 4.16. The third kappa shape index (κ3) is 2.85. The van der Waals surface area contributed by atoms with E-state index in [4.69, 9.17) is 0 Å². The molecule has 1 fully saturated rings. The van der Waals surface area contributed by atoms with Crippen LogP contribution in [0.3, 0.4) is 0 Å². The minimum atomic E-state index is 0.420. The number of rotatable bonds is 6. The average Bonchev–Trinajstić information content (AvgIpc) is 3.13. The van der Waals surface area contributed by atoms with Crippen LogP contribution in [-0.2, 0) is 0 Å². The second-order valence-corrected chi connectivity index (χ2v) is 6.39. The standard InChI is InChI=1S/C17H28N2/c1-12(2)14-7-6-13(3)15(10-14)16(19-5)17(8-9-17)11-18-4/h6-7,10,12,16,18-19H,8-9,11H2,1-5H3.